The van der Waals surface area contributed by atoms with Crippen LogP contribution in [0.5, 0.6) is 5.75 Å². The molecule has 0 radical (unpaired) electrons. The van der Waals surface area contributed by atoms with E-state index in [4.69, 9.17) is 9.78 Å². The van der Waals surface area contributed by atoms with Crippen molar-refractivity contribution in [1.29, 1.82) is 0 Å². The Bertz CT molecular complexity index is 1070. The fraction of sp³-hybridized carbons (Fsp3) is 0.320. The summed E-state index contributed by atoms with van der Waals surface area (Å²) in [5, 5.41) is 1.01. The maximum absolute atomic E-state index is 12.9. The second-order valence-electron chi connectivity index (χ2n) is 8.44. The zero-order chi connectivity index (χ0) is 21.8. The van der Waals surface area contributed by atoms with Crippen molar-refractivity contribution in [1.82, 2.24) is 9.88 Å². The number of para-hydroxylation sites is 2. The van der Waals surface area contributed by atoms with E-state index in [9.17, 15) is 9.59 Å². The van der Waals surface area contributed by atoms with Gasteiger partial charge >= 0.3 is 5.97 Å². The van der Waals surface area contributed by atoms with Gasteiger partial charge in [-0.2, -0.15) is 0 Å². The standard InChI is InChI=1S/C25H26N2O4/c1-25(2,24(29)31-30-20-9-4-3-5-10-20)19-14-16-27(17-15-19)23(28)22-13-12-18-8-6-7-11-21(18)26-22/h3-13,19H,14-17H2,1-2H3. The average molecular weight is 418 g/mol. The number of likely N-dealkylation sites (tertiary alicyclic amines) is 1. The molecule has 31 heavy (non-hydrogen) atoms. The molecule has 0 saturated carbocycles. The lowest BCUT2D eigenvalue weighted by Gasteiger charge is -2.38. The number of nitrogens with zero attached hydrogens (tertiary/aromatic N) is 2. The van der Waals surface area contributed by atoms with Gasteiger partial charge in [0.2, 0.25) is 0 Å². The number of rotatable bonds is 5. The number of piperidine rings is 1. The third kappa shape index (κ3) is 4.53. The highest BCUT2D eigenvalue weighted by Gasteiger charge is 2.41. The molecule has 0 spiro atoms. The van der Waals surface area contributed by atoms with Gasteiger partial charge in [-0.1, -0.05) is 42.5 Å². The molecule has 0 atom stereocenters. The Kier molecular flexibility index (Phi) is 5.89. The molecule has 3 aromatic rings. The van der Waals surface area contributed by atoms with Gasteiger partial charge in [0.25, 0.3) is 5.91 Å². The van der Waals surface area contributed by atoms with E-state index < -0.39 is 11.4 Å². The minimum Gasteiger partial charge on any atom is -0.337 e. The number of benzene rings is 2. The molecular formula is C25H26N2O4. The first-order chi connectivity index (χ1) is 14.9. The van der Waals surface area contributed by atoms with Crippen molar-refractivity contribution in [3.8, 4) is 5.75 Å². The van der Waals surface area contributed by atoms with Crippen LogP contribution in [0.2, 0.25) is 0 Å². The second kappa shape index (κ2) is 8.76. The molecule has 1 fully saturated rings. The second-order valence-corrected chi connectivity index (χ2v) is 8.44. The van der Waals surface area contributed by atoms with Crippen LogP contribution in [-0.4, -0.2) is 34.8 Å². The summed E-state index contributed by atoms with van der Waals surface area (Å²) >= 11 is 0. The molecule has 0 N–H and O–H groups in total. The van der Waals surface area contributed by atoms with Gasteiger partial charge in [0.05, 0.1) is 10.9 Å². The largest absolute Gasteiger partial charge is 0.361 e. The van der Waals surface area contributed by atoms with Gasteiger partial charge in [0.1, 0.15) is 5.69 Å². The molecule has 0 bridgehead atoms. The van der Waals surface area contributed by atoms with Crippen molar-refractivity contribution < 1.29 is 19.4 Å². The SMILES string of the molecule is CC(C)(C(=O)OOc1ccccc1)C1CCN(C(=O)c2ccc3ccccc3n2)CC1. The quantitative estimate of drug-likeness (QED) is 0.446. The van der Waals surface area contributed by atoms with Crippen LogP contribution >= 0.6 is 0 Å². The number of hydrogen-bond donors (Lipinski definition) is 0. The van der Waals surface area contributed by atoms with Crippen LogP contribution in [0.4, 0.5) is 0 Å². The molecule has 6 heteroatoms. The first-order valence-corrected chi connectivity index (χ1v) is 10.5. The summed E-state index contributed by atoms with van der Waals surface area (Å²) in [5.41, 5.74) is 0.545. The minimum atomic E-state index is -0.717. The van der Waals surface area contributed by atoms with E-state index >= 15 is 0 Å². The van der Waals surface area contributed by atoms with Crippen LogP contribution in [0.25, 0.3) is 10.9 Å². The van der Waals surface area contributed by atoms with Gasteiger partial charge in [0.15, 0.2) is 5.75 Å². The zero-order valence-corrected chi connectivity index (χ0v) is 17.8. The Morgan fingerprint density at radius 3 is 2.35 bits per heavy atom. The number of pyridine rings is 1. The van der Waals surface area contributed by atoms with Crippen LogP contribution in [0.3, 0.4) is 0 Å². The van der Waals surface area contributed by atoms with Gasteiger partial charge in [-0.15, -0.1) is 0 Å². The van der Waals surface area contributed by atoms with Gasteiger partial charge < -0.3 is 4.90 Å². The normalized spacial score (nSPS) is 15.0. The van der Waals surface area contributed by atoms with E-state index in [1.165, 1.54) is 0 Å². The fourth-order valence-corrected chi connectivity index (χ4v) is 3.99. The van der Waals surface area contributed by atoms with Crippen molar-refractivity contribution in [2.24, 2.45) is 11.3 Å². The van der Waals surface area contributed by atoms with E-state index in [2.05, 4.69) is 4.98 Å². The molecule has 1 amide bonds. The molecule has 6 nitrogen and oxygen atoms in total. The van der Waals surface area contributed by atoms with Crippen molar-refractivity contribution in [3.05, 3.63) is 72.4 Å². The van der Waals surface area contributed by atoms with E-state index in [1.807, 2.05) is 67.3 Å². The van der Waals surface area contributed by atoms with Crippen molar-refractivity contribution in [2.45, 2.75) is 26.7 Å². The van der Waals surface area contributed by atoms with Crippen LogP contribution in [-0.2, 0) is 9.68 Å². The first-order valence-electron chi connectivity index (χ1n) is 10.5. The number of amides is 1. The van der Waals surface area contributed by atoms with Gasteiger partial charge in [-0.25, -0.2) is 14.7 Å². The Labute approximate surface area is 181 Å². The fourth-order valence-electron chi connectivity index (χ4n) is 3.99. The molecule has 1 aromatic heterocycles. The highest BCUT2D eigenvalue weighted by molar-refractivity contribution is 5.95. The van der Waals surface area contributed by atoms with Crippen LogP contribution in [0.1, 0.15) is 37.2 Å². The molecule has 0 aliphatic carbocycles. The van der Waals surface area contributed by atoms with Crippen LogP contribution in [0, 0.1) is 11.3 Å². The molecule has 4 rings (SSSR count). The zero-order valence-electron chi connectivity index (χ0n) is 17.8. The van der Waals surface area contributed by atoms with E-state index in [-0.39, 0.29) is 11.8 Å². The van der Waals surface area contributed by atoms with Gasteiger partial charge in [-0.3, -0.25) is 9.68 Å². The Hall–Kier alpha value is -3.41. The molecule has 1 saturated heterocycles. The molecule has 1 aliphatic rings. The summed E-state index contributed by atoms with van der Waals surface area (Å²) in [6.45, 7) is 4.90. The van der Waals surface area contributed by atoms with Crippen molar-refractivity contribution in [3.63, 3.8) is 0 Å². The lowest BCUT2D eigenvalue weighted by atomic mass is 9.73. The number of aromatic nitrogens is 1. The Morgan fingerprint density at radius 1 is 0.935 bits per heavy atom. The summed E-state index contributed by atoms with van der Waals surface area (Å²) in [4.78, 5) is 42.2. The third-order valence-corrected chi connectivity index (χ3v) is 6.10. The number of fused-ring (bicyclic) bond motifs is 1. The molecule has 2 aromatic carbocycles. The van der Waals surface area contributed by atoms with Crippen molar-refractivity contribution >= 4 is 22.8 Å². The summed E-state index contributed by atoms with van der Waals surface area (Å²) in [7, 11) is 0. The first kappa shape index (κ1) is 20.8. The highest BCUT2D eigenvalue weighted by Crippen LogP contribution is 2.36. The lowest BCUT2D eigenvalue weighted by molar-refractivity contribution is -0.227. The predicted octanol–water partition coefficient (Wildman–Crippen LogP) is 4.65. The average Bonchev–Trinajstić information content (AvgIpc) is 2.82. The maximum atomic E-state index is 12.9. The maximum Gasteiger partial charge on any atom is 0.361 e. The van der Waals surface area contributed by atoms with Gasteiger partial charge in [0, 0.05) is 18.5 Å². The summed E-state index contributed by atoms with van der Waals surface area (Å²) < 4.78 is 0. The van der Waals surface area contributed by atoms with E-state index in [1.54, 1.807) is 18.2 Å². The van der Waals surface area contributed by atoms with Crippen molar-refractivity contribution in [2.75, 3.05) is 13.1 Å². The van der Waals surface area contributed by atoms with Crippen LogP contribution in [0.15, 0.2) is 66.7 Å². The number of hydrogen-bond acceptors (Lipinski definition) is 5. The minimum absolute atomic E-state index is 0.0722. The lowest BCUT2D eigenvalue weighted by Crippen LogP contribution is -2.45. The van der Waals surface area contributed by atoms with E-state index in [0.29, 0.717) is 37.4 Å². The Morgan fingerprint density at radius 2 is 1.61 bits per heavy atom. The molecule has 160 valence electrons. The molecule has 1 aliphatic heterocycles. The molecule has 2 heterocycles. The molecular weight excluding hydrogens is 392 g/mol. The van der Waals surface area contributed by atoms with Crippen LogP contribution < -0.4 is 4.89 Å². The Balaban J connectivity index is 1.35. The monoisotopic (exact) mass is 418 g/mol. The van der Waals surface area contributed by atoms with Gasteiger partial charge in [-0.05, 0) is 56.9 Å². The third-order valence-electron chi connectivity index (χ3n) is 6.10. The predicted molar refractivity (Wildman–Crippen MR) is 117 cm³/mol. The summed E-state index contributed by atoms with van der Waals surface area (Å²) in [6.07, 6.45) is 1.43. The summed E-state index contributed by atoms with van der Waals surface area (Å²) in [5.74, 6) is 0.0947. The topological polar surface area (TPSA) is 68.7 Å². The smallest absolute Gasteiger partial charge is 0.337 e. The molecule has 0 unspecified atom stereocenters. The number of carbonyl (C=O) groups excluding carboxylic acids is 2. The van der Waals surface area contributed by atoms with E-state index in [0.717, 1.165) is 10.9 Å². The summed E-state index contributed by atoms with van der Waals surface area (Å²) in [6, 6.07) is 20.4. The number of carbonyl (C=O) groups is 2. The highest BCUT2D eigenvalue weighted by atomic mass is 17.2.